The van der Waals surface area contributed by atoms with E-state index < -0.39 is 0 Å². The van der Waals surface area contributed by atoms with E-state index in [1.807, 2.05) is 36.0 Å². The summed E-state index contributed by atoms with van der Waals surface area (Å²) in [7, 11) is 4.68. The average Bonchev–Trinajstić information content (AvgIpc) is 3.52. The Labute approximate surface area is 276 Å². The van der Waals surface area contributed by atoms with Crippen molar-refractivity contribution in [3.63, 3.8) is 0 Å². The van der Waals surface area contributed by atoms with Gasteiger partial charge in [0.1, 0.15) is 17.0 Å². The van der Waals surface area contributed by atoms with Gasteiger partial charge >= 0.3 is 0 Å². The summed E-state index contributed by atoms with van der Waals surface area (Å²) in [6.45, 7) is 7.13. The van der Waals surface area contributed by atoms with Crippen LogP contribution in [0.4, 0.5) is 17.5 Å². The SMILES string of the molecule is C=CC(=O)Cc1cccc(C)c1Nc1ncc2cc(-c3c(Cl)c(OC)cc(OC)c3Cl)nc(NCc3cnn(CCOC)c3)c2n1. The number of aromatic nitrogens is 5. The van der Waals surface area contributed by atoms with Crippen LogP contribution >= 0.6 is 23.2 Å². The van der Waals surface area contributed by atoms with E-state index in [2.05, 4.69) is 27.3 Å². The van der Waals surface area contributed by atoms with Crippen LogP contribution in [-0.4, -0.2) is 58.5 Å². The molecule has 0 amide bonds. The van der Waals surface area contributed by atoms with Gasteiger partial charge in [0, 0.05) is 60.7 Å². The molecule has 3 heterocycles. The Balaban J connectivity index is 1.60. The first-order valence-electron chi connectivity index (χ1n) is 14.3. The van der Waals surface area contributed by atoms with Gasteiger partial charge in [-0.15, -0.1) is 0 Å². The highest BCUT2D eigenvalue weighted by molar-refractivity contribution is 6.41. The maximum atomic E-state index is 12.2. The van der Waals surface area contributed by atoms with Gasteiger partial charge in [-0.25, -0.2) is 15.0 Å². The fourth-order valence-electron chi connectivity index (χ4n) is 4.88. The predicted molar refractivity (Wildman–Crippen MR) is 181 cm³/mol. The maximum absolute atomic E-state index is 12.2. The molecule has 3 aromatic heterocycles. The molecule has 2 aromatic carbocycles. The molecule has 0 aliphatic carbocycles. The minimum absolute atomic E-state index is 0.0895. The molecule has 11 nitrogen and oxygen atoms in total. The minimum atomic E-state index is -0.0895. The molecule has 0 bridgehead atoms. The number of nitrogens with zero attached hydrogens (tertiary/aromatic N) is 5. The minimum Gasteiger partial charge on any atom is -0.495 e. The molecular weight excluding hydrogens is 629 g/mol. The first-order chi connectivity index (χ1) is 22.3. The van der Waals surface area contributed by atoms with Crippen molar-refractivity contribution in [1.82, 2.24) is 24.7 Å². The van der Waals surface area contributed by atoms with Crippen molar-refractivity contribution in [2.75, 3.05) is 38.6 Å². The normalized spacial score (nSPS) is 11.0. The van der Waals surface area contributed by atoms with Crippen molar-refractivity contribution >= 4 is 57.3 Å². The maximum Gasteiger partial charge on any atom is 0.227 e. The zero-order valence-electron chi connectivity index (χ0n) is 25.9. The molecule has 0 spiro atoms. The quantitative estimate of drug-likeness (QED) is 0.122. The number of aryl methyl sites for hydroxylation is 1. The Kier molecular flexibility index (Phi) is 10.4. The number of ketones is 1. The number of pyridine rings is 1. The van der Waals surface area contributed by atoms with Crippen LogP contribution in [0, 0.1) is 6.92 Å². The molecule has 0 atom stereocenters. The Morgan fingerprint density at radius 2 is 1.83 bits per heavy atom. The highest BCUT2D eigenvalue weighted by Gasteiger charge is 2.22. The number of para-hydroxylation sites is 1. The van der Waals surface area contributed by atoms with Crippen LogP contribution in [0.3, 0.4) is 0 Å². The smallest absolute Gasteiger partial charge is 0.227 e. The lowest BCUT2D eigenvalue weighted by molar-refractivity contribution is -0.114. The molecule has 13 heteroatoms. The number of allylic oxidation sites excluding steroid dienone is 1. The highest BCUT2D eigenvalue weighted by Crippen LogP contribution is 2.46. The monoisotopic (exact) mass is 661 g/mol. The molecule has 0 saturated carbocycles. The number of fused-ring (bicyclic) bond motifs is 1. The number of benzene rings is 2. The fourth-order valence-corrected chi connectivity index (χ4v) is 5.57. The van der Waals surface area contributed by atoms with E-state index in [0.29, 0.717) is 65.1 Å². The molecule has 0 unspecified atom stereocenters. The molecule has 46 heavy (non-hydrogen) atoms. The molecule has 0 saturated heterocycles. The van der Waals surface area contributed by atoms with Crippen LogP contribution in [0.1, 0.15) is 16.7 Å². The predicted octanol–water partition coefficient (Wildman–Crippen LogP) is 6.82. The van der Waals surface area contributed by atoms with Gasteiger partial charge in [0.2, 0.25) is 5.95 Å². The summed E-state index contributed by atoms with van der Waals surface area (Å²) in [5.41, 5.74) is 4.88. The molecular formula is C33H33Cl2N7O4. The standard InChI is InChI=1S/C33H33Cl2N7O4/c1-6-23(43)12-21-9-7-8-19(2)30(21)40-33-37-17-22-13-24(27-28(34)25(45-4)14-26(46-5)29(27)35)39-32(31(22)41-33)36-15-20-16-38-42(18-20)10-11-44-3/h6-9,13-14,16-18H,1,10-12,15H2,2-5H3,(H,36,39)(H,37,40,41). The first-order valence-corrected chi connectivity index (χ1v) is 15.0. The number of anilines is 3. The topological polar surface area (TPSA) is 125 Å². The van der Waals surface area contributed by atoms with Crippen LogP contribution in [0.25, 0.3) is 22.2 Å². The van der Waals surface area contributed by atoms with Crippen LogP contribution in [0.15, 0.2) is 61.6 Å². The number of methoxy groups -OCH3 is 3. The number of carbonyl (C=O) groups excluding carboxylic acids is 1. The van der Waals surface area contributed by atoms with Gasteiger partial charge in [0.15, 0.2) is 11.6 Å². The van der Waals surface area contributed by atoms with Gasteiger partial charge in [-0.1, -0.05) is 48.0 Å². The van der Waals surface area contributed by atoms with Crippen LogP contribution in [-0.2, 0) is 29.0 Å². The van der Waals surface area contributed by atoms with Gasteiger partial charge in [-0.2, -0.15) is 5.10 Å². The van der Waals surface area contributed by atoms with Gasteiger partial charge in [0.05, 0.1) is 49.3 Å². The zero-order chi connectivity index (χ0) is 32.8. The van der Waals surface area contributed by atoms with Crippen molar-refractivity contribution in [3.05, 3.63) is 88.3 Å². The number of carbonyl (C=O) groups is 1. The van der Waals surface area contributed by atoms with Gasteiger partial charge in [0.25, 0.3) is 0 Å². The lowest BCUT2D eigenvalue weighted by Crippen LogP contribution is -2.08. The third-order valence-corrected chi connectivity index (χ3v) is 8.01. The Bertz CT molecular complexity index is 1880. The summed E-state index contributed by atoms with van der Waals surface area (Å²) >= 11 is 13.5. The Morgan fingerprint density at radius 1 is 1.07 bits per heavy atom. The van der Waals surface area contributed by atoms with Crippen LogP contribution < -0.4 is 20.1 Å². The number of ether oxygens (including phenoxy) is 3. The van der Waals surface area contributed by atoms with Gasteiger partial charge < -0.3 is 24.8 Å². The molecule has 5 aromatic rings. The van der Waals surface area contributed by atoms with Gasteiger partial charge in [-0.3, -0.25) is 9.48 Å². The molecule has 0 radical (unpaired) electrons. The lowest BCUT2D eigenvalue weighted by Gasteiger charge is -2.17. The lowest BCUT2D eigenvalue weighted by atomic mass is 10.0. The van der Waals surface area contributed by atoms with E-state index in [-0.39, 0.29) is 22.2 Å². The van der Waals surface area contributed by atoms with E-state index in [9.17, 15) is 4.79 Å². The fraction of sp³-hybridized carbons (Fsp3) is 0.242. The zero-order valence-corrected chi connectivity index (χ0v) is 27.4. The number of halogens is 2. The van der Waals surface area contributed by atoms with Gasteiger partial charge in [-0.05, 0) is 30.2 Å². The molecule has 0 fully saturated rings. The summed E-state index contributed by atoms with van der Waals surface area (Å²) in [5, 5.41) is 12.4. The second kappa shape index (κ2) is 14.6. The van der Waals surface area contributed by atoms with Crippen molar-refractivity contribution in [3.8, 4) is 22.8 Å². The molecule has 2 N–H and O–H groups in total. The summed E-state index contributed by atoms with van der Waals surface area (Å²) in [6.07, 6.45) is 6.92. The summed E-state index contributed by atoms with van der Waals surface area (Å²) < 4.78 is 18.0. The van der Waals surface area contributed by atoms with E-state index in [4.69, 9.17) is 47.4 Å². The third kappa shape index (κ3) is 7.07. The Hall–Kier alpha value is -4.71. The van der Waals surface area contributed by atoms with Crippen molar-refractivity contribution in [2.24, 2.45) is 0 Å². The largest absolute Gasteiger partial charge is 0.495 e. The second-order valence-electron chi connectivity index (χ2n) is 10.3. The van der Waals surface area contributed by atoms with E-state index in [1.54, 1.807) is 31.6 Å². The molecule has 0 aliphatic rings. The van der Waals surface area contributed by atoms with E-state index in [0.717, 1.165) is 22.4 Å². The molecule has 238 valence electrons. The molecule has 5 rings (SSSR count). The van der Waals surface area contributed by atoms with Crippen molar-refractivity contribution in [1.29, 1.82) is 0 Å². The summed E-state index contributed by atoms with van der Waals surface area (Å²) in [4.78, 5) is 26.6. The Morgan fingerprint density at radius 3 is 2.52 bits per heavy atom. The summed E-state index contributed by atoms with van der Waals surface area (Å²) in [6, 6.07) is 9.18. The number of rotatable bonds is 14. The average molecular weight is 663 g/mol. The summed E-state index contributed by atoms with van der Waals surface area (Å²) in [5.74, 6) is 1.48. The first kappa shape index (κ1) is 32.7. The third-order valence-electron chi connectivity index (χ3n) is 7.26. The van der Waals surface area contributed by atoms with Crippen LogP contribution in [0.5, 0.6) is 11.5 Å². The number of hydrogen-bond donors (Lipinski definition) is 2. The van der Waals surface area contributed by atoms with Crippen molar-refractivity contribution in [2.45, 2.75) is 26.4 Å². The number of nitrogens with one attached hydrogen (secondary N) is 2. The van der Waals surface area contributed by atoms with Crippen LogP contribution in [0.2, 0.25) is 10.0 Å². The second-order valence-corrected chi connectivity index (χ2v) is 11.1. The van der Waals surface area contributed by atoms with Crippen molar-refractivity contribution < 1.29 is 19.0 Å². The highest BCUT2D eigenvalue weighted by atomic mass is 35.5. The molecule has 0 aliphatic heterocycles. The van der Waals surface area contributed by atoms with E-state index in [1.165, 1.54) is 20.3 Å². The van der Waals surface area contributed by atoms with E-state index >= 15 is 0 Å². The number of hydrogen-bond acceptors (Lipinski definition) is 10.